The number of nitrogens with two attached hydrogens (primary N) is 1. The van der Waals surface area contributed by atoms with Gasteiger partial charge in [-0.1, -0.05) is 25.1 Å². The molecule has 0 bridgehead atoms. The predicted molar refractivity (Wildman–Crippen MR) is 141 cm³/mol. The molecular formula is C28H27FN4O6. The first-order valence-corrected chi connectivity index (χ1v) is 12.3. The number of aryl methyl sites for hydroxylation is 3. The average molecular weight is 535 g/mol. The van der Waals surface area contributed by atoms with Gasteiger partial charge < -0.3 is 30.0 Å². The van der Waals surface area contributed by atoms with Crippen LogP contribution in [0.2, 0.25) is 0 Å². The zero-order chi connectivity index (χ0) is 27.7. The monoisotopic (exact) mass is 534 g/mol. The number of hydrogen-bond donors (Lipinski definition) is 2. The first-order chi connectivity index (χ1) is 18.7. The first kappa shape index (κ1) is 25.8. The van der Waals surface area contributed by atoms with Gasteiger partial charge in [0, 0.05) is 23.5 Å². The minimum Gasteiger partial charge on any atom is -0.483 e. The number of amides is 1. The fourth-order valence-electron chi connectivity index (χ4n) is 4.49. The third-order valence-electron chi connectivity index (χ3n) is 6.28. The molecule has 1 atom stereocenters. The lowest BCUT2D eigenvalue weighted by Crippen LogP contribution is -2.21. The highest BCUT2D eigenvalue weighted by Crippen LogP contribution is 2.42. The number of nitrogens with one attached hydrogen (secondary N) is 1. The van der Waals surface area contributed by atoms with E-state index in [1.165, 1.54) is 12.3 Å². The van der Waals surface area contributed by atoms with Gasteiger partial charge in [0.05, 0.1) is 0 Å². The zero-order valence-corrected chi connectivity index (χ0v) is 21.6. The molecule has 2 aromatic heterocycles. The maximum absolute atomic E-state index is 14.4. The van der Waals surface area contributed by atoms with Crippen LogP contribution in [-0.2, 0) is 20.7 Å². The molecule has 11 heteroatoms. The van der Waals surface area contributed by atoms with Crippen LogP contribution in [0.1, 0.15) is 23.6 Å². The van der Waals surface area contributed by atoms with Crippen molar-refractivity contribution in [3.8, 4) is 22.8 Å². The maximum atomic E-state index is 14.4. The van der Waals surface area contributed by atoms with E-state index in [0.29, 0.717) is 34.9 Å². The summed E-state index contributed by atoms with van der Waals surface area (Å²) in [6, 6.07) is 12.2. The Kier molecular flexibility index (Phi) is 6.97. The van der Waals surface area contributed by atoms with E-state index in [4.69, 9.17) is 29.7 Å². The van der Waals surface area contributed by atoms with E-state index in [2.05, 4.69) is 5.32 Å². The second-order valence-electron chi connectivity index (χ2n) is 9.07. The Morgan fingerprint density at radius 3 is 2.67 bits per heavy atom. The number of rotatable bonds is 9. The van der Waals surface area contributed by atoms with Gasteiger partial charge in [-0.25, -0.2) is 14.2 Å². The molecule has 4 aromatic rings. The number of hydrogen-bond acceptors (Lipinski definition) is 8. The van der Waals surface area contributed by atoms with Gasteiger partial charge in [0.15, 0.2) is 13.2 Å². The molecule has 2 aromatic carbocycles. The number of aromatic nitrogens is 2. The number of para-hydroxylation sites is 1. The molecule has 0 radical (unpaired) electrons. The SMILES string of the molecule is CCc1cc(OC2COC(=O)O2)cc(OCC(N)=O)c1-c1nc2ccc(F)cn2c1Nc1c(C)cccc1C. The molecule has 1 unspecified atom stereocenters. The van der Waals surface area contributed by atoms with E-state index in [1.807, 2.05) is 39.0 Å². The van der Waals surface area contributed by atoms with E-state index in [9.17, 15) is 14.0 Å². The quantitative estimate of drug-likeness (QED) is 0.293. The Morgan fingerprint density at radius 1 is 1.23 bits per heavy atom. The summed E-state index contributed by atoms with van der Waals surface area (Å²) in [5, 5.41) is 3.46. The Morgan fingerprint density at radius 2 is 2.00 bits per heavy atom. The molecule has 1 fully saturated rings. The first-order valence-electron chi connectivity index (χ1n) is 12.3. The van der Waals surface area contributed by atoms with Crippen molar-refractivity contribution in [3.05, 3.63) is 71.2 Å². The summed E-state index contributed by atoms with van der Waals surface area (Å²) < 4.78 is 37.5. The highest BCUT2D eigenvalue weighted by Gasteiger charge is 2.28. The molecule has 1 aliphatic heterocycles. The van der Waals surface area contributed by atoms with Gasteiger partial charge in [-0.3, -0.25) is 9.20 Å². The predicted octanol–water partition coefficient (Wildman–Crippen LogP) is 4.80. The summed E-state index contributed by atoms with van der Waals surface area (Å²) >= 11 is 0. The van der Waals surface area contributed by atoms with Crippen LogP contribution in [-0.4, -0.2) is 41.0 Å². The number of benzene rings is 2. The van der Waals surface area contributed by atoms with Gasteiger partial charge in [-0.15, -0.1) is 0 Å². The molecule has 10 nitrogen and oxygen atoms in total. The summed E-state index contributed by atoms with van der Waals surface area (Å²) in [5.74, 6) is -0.00465. The number of imidazole rings is 1. The lowest BCUT2D eigenvalue weighted by molar-refractivity contribution is -0.119. The number of fused-ring (bicyclic) bond motifs is 1. The van der Waals surface area contributed by atoms with Crippen LogP contribution in [0.5, 0.6) is 11.5 Å². The number of carbonyl (C=O) groups excluding carboxylic acids is 2. The van der Waals surface area contributed by atoms with Crippen molar-refractivity contribution in [1.82, 2.24) is 9.38 Å². The summed E-state index contributed by atoms with van der Waals surface area (Å²) in [4.78, 5) is 27.8. The summed E-state index contributed by atoms with van der Waals surface area (Å²) in [5.41, 5.74) is 10.5. The van der Waals surface area contributed by atoms with Crippen LogP contribution in [0.3, 0.4) is 0 Å². The van der Waals surface area contributed by atoms with Crippen LogP contribution < -0.4 is 20.5 Å². The molecule has 5 rings (SSSR count). The van der Waals surface area contributed by atoms with Crippen LogP contribution in [0, 0.1) is 19.7 Å². The minimum absolute atomic E-state index is 0.0681. The minimum atomic E-state index is -0.934. The number of halogens is 1. The van der Waals surface area contributed by atoms with Crippen molar-refractivity contribution in [2.24, 2.45) is 5.73 Å². The van der Waals surface area contributed by atoms with Gasteiger partial charge in [0.25, 0.3) is 12.2 Å². The third-order valence-corrected chi connectivity index (χ3v) is 6.28. The van der Waals surface area contributed by atoms with Gasteiger partial charge in [-0.05, 0) is 55.2 Å². The lowest BCUT2D eigenvalue weighted by Gasteiger charge is -2.19. The third kappa shape index (κ3) is 5.28. The number of primary amides is 1. The second-order valence-corrected chi connectivity index (χ2v) is 9.07. The van der Waals surface area contributed by atoms with E-state index in [1.54, 1.807) is 22.6 Å². The number of ether oxygens (including phenoxy) is 4. The Bertz CT molecular complexity index is 1560. The lowest BCUT2D eigenvalue weighted by atomic mass is 10.00. The molecule has 1 amide bonds. The number of carbonyl (C=O) groups is 2. The van der Waals surface area contributed by atoms with E-state index in [0.717, 1.165) is 22.4 Å². The molecule has 202 valence electrons. The van der Waals surface area contributed by atoms with Crippen LogP contribution in [0.4, 0.5) is 20.7 Å². The standard InChI is InChI=1S/C28H27FN4O6/c1-4-17-10-19(38-23-14-37-28(35)39-23)11-20(36-13-21(30)34)24(17)26-27(32-25-15(2)6-5-7-16(25)3)33-12-18(29)8-9-22(33)31-26/h5-12,23,32H,4,13-14H2,1-3H3,(H2,30,34). The topological polar surface area (TPSA) is 126 Å². The van der Waals surface area contributed by atoms with Crippen LogP contribution in [0.25, 0.3) is 16.9 Å². The summed E-state index contributed by atoms with van der Waals surface area (Å²) in [7, 11) is 0. The Labute approximate surface area is 223 Å². The highest BCUT2D eigenvalue weighted by atomic mass is 19.1. The Hall–Kier alpha value is -4.80. The zero-order valence-electron chi connectivity index (χ0n) is 21.6. The fourth-order valence-corrected chi connectivity index (χ4v) is 4.49. The number of cyclic esters (lactones) is 2. The molecule has 0 aliphatic carbocycles. The molecule has 3 N–H and O–H groups in total. The smallest absolute Gasteiger partial charge is 0.483 e. The maximum Gasteiger partial charge on any atom is 0.511 e. The second kappa shape index (κ2) is 10.5. The van der Waals surface area contributed by atoms with Crippen molar-refractivity contribution in [1.29, 1.82) is 0 Å². The largest absolute Gasteiger partial charge is 0.511 e. The van der Waals surface area contributed by atoms with Crippen LogP contribution >= 0.6 is 0 Å². The molecule has 39 heavy (non-hydrogen) atoms. The molecule has 1 saturated heterocycles. The molecule has 3 heterocycles. The van der Waals surface area contributed by atoms with Gasteiger partial charge in [0.2, 0.25) is 0 Å². The normalized spacial score (nSPS) is 14.7. The van der Waals surface area contributed by atoms with Gasteiger partial charge in [0.1, 0.15) is 34.5 Å². The van der Waals surface area contributed by atoms with E-state index >= 15 is 0 Å². The molecule has 0 saturated carbocycles. The highest BCUT2D eigenvalue weighted by molar-refractivity contribution is 5.86. The summed E-state index contributed by atoms with van der Waals surface area (Å²) in [6.07, 6.45) is 0.113. The molecule has 0 spiro atoms. The number of pyridine rings is 1. The molecular weight excluding hydrogens is 507 g/mol. The number of anilines is 2. The van der Waals surface area contributed by atoms with Crippen molar-refractivity contribution < 1.29 is 32.9 Å². The molecule has 1 aliphatic rings. The average Bonchev–Trinajstić information content (AvgIpc) is 3.46. The van der Waals surface area contributed by atoms with Crippen molar-refractivity contribution in [2.75, 3.05) is 18.5 Å². The van der Waals surface area contributed by atoms with Crippen LogP contribution in [0.15, 0.2) is 48.7 Å². The van der Waals surface area contributed by atoms with Gasteiger partial charge >= 0.3 is 6.16 Å². The van der Waals surface area contributed by atoms with Gasteiger partial charge in [-0.2, -0.15) is 0 Å². The van der Waals surface area contributed by atoms with E-state index < -0.39 is 30.8 Å². The van der Waals surface area contributed by atoms with Crippen molar-refractivity contribution in [2.45, 2.75) is 33.5 Å². The van der Waals surface area contributed by atoms with Crippen molar-refractivity contribution >= 4 is 29.2 Å². The Balaban J connectivity index is 1.70. The fraction of sp³-hybridized carbons (Fsp3) is 0.250. The van der Waals surface area contributed by atoms with E-state index in [-0.39, 0.29) is 12.4 Å². The summed E-state index contributed by atoms with van der Waals surface area (Å²) in [6.45, 7) is 5.42. The number of nitrogens with zero attached hydrogens (tertiary/aromatic N) is 2. The van der Waals surface area contributed by atoms with Crippen molar-refractivity contribution in [3.63, 3.8) is 0 Å².